The molecule has 2 rings (SSSR count). The molecule has 4 N–H and O–H groups in total. The molecule has 0 heterocycles. The van der Waals surface area contributed by atoms with Crippen LogP contribution in [-0.4, -0.2) is 17.4 Å². The van der Waals surface area contributed by atoms with E-state index in [0.29, 0.717) is 23.4 Å². The Morgan fingerprint density at radius 2 is 1.58 bits per heavy atom. The third kappa shape index (κ3) is 5.31. The Balaban J connectivity index is 0.00000338. The minimum Gasteiger partial charge on any atom is -0.324 e. The van der Waals surface area contributed by atoms with Crippen LogP contribution < -0.4 is 16.4 Å². The molecular formula is C20H26ClN3O2. The highest BCUT2D eigenvalue weighted by atomic mass is 35.5. The second-order valence-electron chi connectivity index (χ2n) is 6.42. The van der Waals surface area contributed by atoms with Crippen molar-refractivity contribution in [2.45, 2.75) is 39.2 Å². The number of hydrogen-bond donors (Lipinski definition) is 3. The Bertz CT molecular complexity index is 761. The van der Waals surface area contributed by atoms with Crippen LogP contribution in [0, 0.1) is 6.92 Å². The second kappa shape index (κ2) is 9.36. The Hall–Kier alpha value is -2.37. The van der Waals surface area contributed by atoms with E-state index >= 15 is 0 Å². The summed E-state index contributed by atoms with van der Waals surface area (Å²) in [7, 11) is 0. The average molecular weight is 376 g/mol. The first-order valence-electron chi connectivity index (χ1n) is 8.41. The summed E-state index contributed by atoms with van der Waals surface area (Å²) >= 11 is 0. The van der Waals surface area contributed by atoms with Gasteiger partial charge >= 0.3 is 0 Å². The molecule has 0 bridgehead atoms. The van der Waals surface area contributed by atoms with Crippen LogP contribution in [0.4, 0.5) is 11.4 Å². The van der Waals surface area contributed by atoms with Gasteiger partial charge in [-0.25, -0.2) is 0 Å². The molecule has 0 saturated carbocycles. The van der Waals surface area contributed by atoms with Crippen molar-refractivity contribution in [2.75, 3.05) is 10.6 Å². The lowest BCUT2D eigenvalue weighted by Gasteiger charge is -2.24. The summed E-state index contributed by atoms with van der Waals surface area (Å²) in [6.07, 6.45) is 1.43. The van der Waals surface area contributed by atoms with Gasteiger partial charge in [0.2, 0.25) is 5.91 Å². The molecule has 5 nitrogen and oxygen atoms in total. The molecule has 2 aromatic rings. The SMILES string of the molecule is CCCC(C)(N)C(=O)Nc1cccc(NC(=O)c2ccccc2)c1C.Cl. The third-order valence-corrected chi connectivity index (χ3v) is 4.15. The quantitative estimate of drug-likeness (QED) is 0.709. The van der Waals surface area contributed by atoms with Crippen molar-refractivity contribution in [1.82, 2.24) is 0 Å². The number of carbonyl (C=O) groups is 2. The highest BCUT2D eigenvalue weighted by Gasteiger charge is 2.27. The molecule has 2 aromatic carbocycles. The van der Waals surface area contributed by atoms with Gasteiger partial charge in [-0.1, -0.05) is 37.6 Å². The Morgan fingerprint density at radius 1 is 1.00 bits per heavy atom. The molecule has 0 aliphatic rings. The molecule has 0 spiro atoms. The van der Waals surface area contributed by atoms with Gasteiger partial charge in [0.1, 0.15) is 0 Å². The molecule has 0 aromatic heterocycles. The zero-order valence-corrected chi connectivity index (χ0v) is 16.2. The van der Waals surface area contributed by atoms with Crippen molar-refractivity contribution in [3.05, 3.63) is 59.7 Å². The lowest BCUT2D eigenvalue weighted by Crippen LogP contribution is -2.48. The number of anilines is 2. The van der Waals surface area contributed by atoms with E-state index in [0.717, 1.165) is 12.0 Å². The molecule has 0 aliphatic heterocycles. The zero-order valence-electron chi connectivity index (χ0n) is 15.3. The van der Waals surface area contributed by atoms with Gasteiger partial charge in [-0.05, 0) is 50.1 Å². The Morgan fingerprint density at radius 3 is 2.15 bits per heavy atom. The fourth-order valence-electron chi connectivity index (χ4n) is 2.59. The number of nitrogens with two attached hydrogens (primary N) is 1. The largest absolute Gasteiger partial charge is 0.324 e. The maximum absolute atomic E-state index is 12.4. The molecule has 2 amide bonds. The van der Waals surface area contributed by atoms with Crippen LogP contribution >= 0.6 is 12.4 Å². The van der Waals surface area contributed by atoms with E-state index in [4.69, 9.17) is 5.73 Å². The van der Waals surface area contributed by atoms with Crippen LogP contribution in [0.5, 0.6) is 0 Å². The van der Waals surface area contributed by atoms with Crippen molar-refractivity contribution in [3.63, 3.8) is 0 Å². The highest BCUT2D eigenvalue weighted by molar-refractivity contribution is 6.05. The monoisotopic (exact) mass is 375 g/mol. The van der Waals surface area contributed by atoms with Crippen LogP contribution in [0.1, 0.15) is 42.6 Å². The summed E-state index contributed by atoms with van der Waals surface area (Å²) in [6.45, 7) is 5.56. The number of hydrogen-bond acceptors (Lipinski definition) is 3. The minimum absolute atomic E-state index is 0. The number of carbonyl (C=O) groups excluding carboxylic acids is 2. The van der Waals surface area contributed by atoms with Gasteiger partial charge in [0.15, 0.2) is 0 Å². The third-order valence-electron chi connectivity index (χ3n) is 4.15. The van der Waals surface area contributed by atoms with E-state index < -0.39 is 5.54 Å². The molecule has 0 aliphatic carbocycles. The van der Waals surface area contributed by atoms with Crippen molar-refractivity contribution in [1.29, 1.82) is 0 Å². The summed E-state index contributed by atoms with van der Waals surface area (Å²) < 4.78 is 0. The molecule has 26 heavy (non-hydrogen) atoms. The van der Waals surface area contributed by atoms with Gasteiger partial charge < -0.3 is 16.4 Å². The van der Waals surface area contributed by atoms with Gasteiger partial charge in [0, 0.05) is 16.9 Å². The molecule has 0 saturated heterocycles. The van der Waals surface area contributed by atoms with Gasteiger partial charge in [-0.3, -0.25) is 9.59 Å². The fraction of sp³-hybridized carbons (Fsp3) is 0.300. The van der Waals surface area contributed by atoms with Gasteiger partial charge in [-0.15, -0.1) is 12.4 Å². The van der Waals surface area contributed by atoms with Crippen LogP contribution in [0.25, 0.3) is 0 Å². The fourth-order valence-corrected chi connectivity index (χ4v) is 2.59. The summed E-state index contributed by atoms with van der Waals surface area (Å²) in [6, 6.07) is 14.4. The topological polar surface area (TPSA) is 84.2 Å². The smallest absolute Gasteiger partial charge is 0.255 e. The predicted molar refractivity (Wildman–Crippen MR) is 109 cm³/mol. The first kappa shape index (κ1) is 21.7. The molecule has 6 heteroatoms. The van der Waals surface area contributed by atoms with Crippen molar-refractivity contribution in [2.24, 2.45) is 5.73 Å². The van der Waals surface area contributed by atoms with E-state index in [9.17, 15) is 9.59 Å². The van der Waals surface area contributed by atoms with Crippen molar-refractivity contribution < 1.29 is 9.59 Å². The Kier molecular flexibility index (Phi) is 7.80. The van der Waals surface area contributed by atoms with E-state index in [1.807, 2.05) is 32.0 Å². The molecule has 0 fully saturated rings. The van der Waals surface area contributed by atoms with Gasteiger partial charge in [0.05, 0.1) is 5.54 Å². The maximum atomic E-state index is 12.4. The van der Waals surface area contributed by atoms with E-state index in [1.54, 1.807) is 37.3 Å². The summed E-state index contributed by atoms with van der Waals surface area (Å²) in [5, 5.41) is 5.76. The van der Waals surface area contributed by atoms with Gasteiger partial charge in [-0.2, -0.15) is 0 Å². The lowest BCUT2D eigenvalue weighted by molar-refractivity contribution is -0.120. The normalized spacial score (nSPS) is 12.5. The number of halogens is 1. The predicted octanol–water partition coefficient (Wildman–Crippen LogP) is 4.13. The van der Waals surface area contributed by atoms with Gasteiger partial charge in [0.25, 0.3) is 5.91 Å². The molecule has 1 atom stereocenters. The summed E-state index contributed by atoms with van der Waals surface area (Å²) in [4.78, 5) is 24.7. The van der Waals surface area contributed by atoms with Crippen molar-refractivity contribution >= 4 is 35.6 Å². The number of nitrogens with one attached hydrogen (secondary N) is 2. The standard InChI is InChI=1S/C20H25N3O2.ClH/c1-4-13-20(3,21)19(25)23-17-12-8-11-16(14(17)2)22-18(24)15-9-6-5-7-10-15;/h5-12H,4,13,21H2,1-3H3,(H,22,24)(H,23,25);1H. The number of amides is 2. The molecular weight excluding hydrogens is 350 g/mol. The van der Waals surface area contributed by atoms with Crippen molar-refractivity contribution in [3.8, 4) is 0 Å². The first-order chi connectivity index (χ1) is 11.8. The zero-order chi connectivity index (χ0) is 18.4. The van der Waals surface area contributed by atoms with Crippen LogP contribution in [-0.2, 0) is 4.79 Å². The second-order valence-corrected chi connectivity index (χ2v) is 6.42. The highest BCUT2D eigenvalue weighted by Crippen LogP contribution is 2.25. The summed E-state index contributed by atoms with van der Waals surface area (Å²) in [5.41, 5.74) is 7.81. The van der Waals surface area contributed by atoms with Crippen LogP contribution in [0.2, 0.25) is 0 Å². The first-order valence-corrected chi connectivity index (χ1v) is 8.41. The van der Waals surface area contributed by atoms with Crippen LogP contribution in [0.15, 0.2) is 48.5 Å². The van der Waals surface area contributed by atoms with Crippen LogP contribution in [0.3, 0.4) is 0 Å². The molecule has 140 valence electrons. The molecule has 1 unspecified atom stereocenters. The average Bonchev–Trinajstić information content (AvgIpc) is 2.59. The number of rotatable bonds is 6. The van der Waals surface area contributed by atoms with E-state index in [2.05, 4.69) is 10.6 Å². The Labute approximate surface area is 160 Å². The molecule has 0 radical (unpaired) electrons. The number of benzene rings is 2. The summed E-state index contributed by atoms with van der Waals surface area (Å²) in [5.74, 6) is -0.425. The maximum Gasteiger partial charge on any atom is 0.255 e. The van der Waals surface area contributed by atoms with E-state index in [-0.39, 0.29) is 24.2 Å². The lowest BCUT2D eigenvalue weighted by atomic mass is 9.96. The minimum atomic E-state index is -0.926. The van der Waals surface area contributed by atoms with E-state index in [1.165, 1.54) is 0 Å².